The van der Waals surface area contributed by atoms with Crippen molar-refractivity contribution < 1.29 is 18.7 Å². The normalized spacial score (nSPS) is 10.8. The maximum absolute atomic E-state index is 12.9. The summed E-state index contributed by atoms with van der Waals surface area (Å²) in [7, 11) is 0. The van der Waals surface area contributed by atoms with Gasteiger partial charge in [0.15, 0.2) is 5.82 Å². The molecule has 0 fully saturated rings. The summed E-state index contributed by atoms with van der Waals surface area (Å²) in [5.41, 5.74) is 4.42. The third-order valence-corrected chi connectivity index (χ3v) is 2.97. The van der Waals surface area contributed by atoms with Crippen LogP contribution in [0.15, 0.2) is 30.5 Å². The molecule has 1 aromatic heterocycles. The largest absolute Gasteiger partial charge is 0.443 e. The third kappa shape index (κ3) is 5.85. The van der Waals surface area contributed by atoms with Gasteiger partial charge in [-0.2, -0.15) is 4.98 Å². The number of hydrogen-bond donors (Lipinski definition) is 3. The minimum Gasteiger partial charge on any atom is -0.443 e. The Bertz CT molecular complexity index is 809. The number of nitrogens with one attached hydrogen (secondary N) is 3. The third-order valence-electron chi connectivity index (χ3n) is 2.79. The number of halogens is 2. The number of carbonyl (C=O) groups excluding carboxylic acids is 2. The maximum atomic E-state index is 12.9. The van der Waals surface area contributed by atoms with Crippen LogP contribution in [0.3, 0.4) is 0 Å². The predicted octanol–water partition coefficient (Wildman–Crippen LogP) is 3.37. The Morgan fingerprint density at radius 3 is 2.46 bits per heavy atom. The van der Waals surface area contributed by atoms with E-state index in [0.717, 1.165) is 0 Å². The fourth-order valence-electron chi connectivity index (χ4n) is 1.77. The number of ether oxygens (including phenoxy) is 1. The van der Waals surface area contributed by atoms with Crippen molar-refractivity contribution >= 4 is 35.1 Å². The highest BCUT2D eigenvalue weighted by molar-refractivity contribution is 6.28. The molecular weight excluding hydrogens is 365 g/mol. The van der Waals surface area contributed by atoms with Gasteiger partial charge >= 0.3 is 6.09 Å². The summed E-state index contributed by atoms with van der Waals surface area (Å²) >= 11 is 5.74. The van der Waals surface area contributed by atoms with E-state index in [2.05, 4.69) is 26.1 Å². The molecule has 0 saturated carbocycles. The van der Waals surface area contributed by atoms with Crippen molar-refractivity contribution in [2.45, 2.75) is 26.4 Å². The zero-order valence-corrected chi connectivity index (χ0v) is 15.0. The molecule has 26 heavy (non-hydrogen) atoms. The van der Waals surface area contributed by atoms with E-state index in [1.807, 2.05) is 0 Å². The Balaban J connectivity index is 2.12. The quantitative estimate of drug-likeness (QED) is 0.554. The first-order valence-electron chi connectivity index (χ1n) is 7.48. The van der Waals surface area contributed by atoms with Gasteiger partial charge in [-0.3, -0.25) is 10.2 Å². The Morgan fingerprint density at radius 2 is 1.85 bits per heavy atom. The van der Waals surface area contributed by atoms with Crippen LogP contribution >= 0.6 is 11.6 Å². The zero-order chi connectivity index (χ0) is 19.3. The molecule has 1 aromatic carbocycles. The number of rotatable bonds is 4. The summed E-state index contributed by atoms with van der Waals surface area (Å²) in [6.07, 6.45) is 0.421. The van der Waals surface area contributed by atoms with E-state index in [0.29, 0.717) is 5.69 Å². The number of aromatic nitrogens is 2. The average molecular weight is 382 g/mol. The van der Waals surface area contributed by atoms with Gasteiger partial charge < -0.3 is 10.1 Å². The van der Waals surface area contributed by atoms with E-state index in [4.69, 9.17) is 16.3 Å². The van der Waals surface area contributed by atoms with Crippen molar-refractivity contribution in [2.75, 3.05) is 10.7 Å². The number of benzene rings is 1. The molecule has 0 spiro atoms. The molecule has 1 heterocycles. The molecule has 2 rings (SSSR count). The molecule has 10 heteroatoms. The molecule has 0 aliphatic heterocycles. The molecule has 0 saturated heterocycles. The van der Waals surface area contributed by atoms with Crippen molar-refractivity contribution in [3.8, 4) is 0 Å². The lowest BCUT2D eigenvalue weighted by Gasteiger charge is -2.20. The number of anilines is 2. The highest BCUT2D eigenvalue weighted by atomic mass is 35.5. The average Bonchev–Trinajstić information content (AvgIpc) is 2.53. The van der Waals surface area contributed by atoms with Gasteiger partial charge in [-0.25, -0.2) is 19.6 Å². The van der Waals surface area contributed by atoms with Crippen molar-refractivity contribution in [2.24, 2.45) is 0 Å². The van der Waals surface area contributed by atoms with Crippen LogP contribution in [0.2, 0.25) is 5.28 Å². The molecule has 138 valence electrons. The van der Waals surface area contributed by atoms with E-state index in [-0.39, 0.29) is 16.7 Å². The van der Waals surface area contributed by atoms with Gasteiger partial charge in [-0.05, 0) is 56.6 Å². The summed E-state index contributed by atoms with van der Waals surface area (Å²) in [5, 5.41) is 2.43. The Kier molecular flexibility index (Phi) is 5.93. The molecule has 0 aliphatic carbocycles. The Morgan fingerprint density at radius 1 is 1.19 bits per heavy atom. The number of hydrogen-bond acceptors (Lipinski definition) is 6. The topological polar surface area (TPSA) is 105 Å². The Labute approximate surface area is 154 Å². The summed E-state index contributed by atoms with van der Waals surface area (Å²) in [6, 6.07) is 5.21. The number of hydrazine groups is 1. The van der Waals surface area contributed by atoms with Gasteiger partial charge in [0.2, 0.25) is 5.28 Å². The van der Waals surface area contributed by atoms with Crippen LogP contribution in [0, 0.1) is 5.82 Å². The van der Waals surface area contributed by atoms with Crippen molar-refractivity contribution in [1.82, 2.24) is 15.4 Å². The van der Waals surface area contributed by atoms with Crippen LogP contribution in [0.4, 0.5) is 20.7 Å². The SMILES string of the molecule is CC(C)(C)OC(=O)NNc1nc(Cl)ncc1C(=O)Nc1ccc(F)cc1. The fourth-order valence-corrected chi connectivity index (χ4v) is 1.90. The van der Waals surface area contributed by atoms with E-state index < -0.39 is 23.4 Å². The molecule has 0 aliphatic rings. The summed E-state index contributed by atoms with van der Waals surface area (Å²) in [4.78, 5) is 31.7. The van der Waals surface area contributed by atoms with E-state index in [1.165, 1.54) is 30.5 Å². The number of nitrogens with zero attached hydrogens (tertiary/aromatic N) is 2. The second kappa shape index (κ2) is 7.96. The summed E-state index contributed by atoms with van der Waals surface area (Å²) in [5.74, 6) is -1.04. The molecule has 3 N–H and O–H groups in total. The first-order chi connectivity index (χ1) is 12.1. The van der Waals surface area contributed by atoms with E-state index in [9.17, 15) is 14.0 Å². The minimum atomic E-state index is -0.767. The smallest absolute Gasteiger partial charge is 0.426 e. The summed E-state index contributed by atoms with van der Waals surface area (Å²) < 4.78 is 18.0. The minimum absolute atomic E-state index is 0.00906. The first-order valence-corrected chi connectivity index (χ1v) is 7.86. The van der Waals surface area contributed by atoms with Crippen LogP contribution in [-0.2, 0) is 4.74 Å². The van der Waals surface area contributed by atoms with Crippen LogP contribution < -0.4 is 16.2 Å². The molecule has 0 radical (unpaired) electrons. The van der Waals surface area contributed by atoms with Crippen molar-refractivity contribution in [1.29, 1.82) is 0 Å². The molecule has 0 bridgehead atoms. The highest BCUT2D eigenvalue weighted by Crippen LogP contribution is 2.17. The van der Waals surface area contributed by atoms with Gasteiger partial charge in [-0.1, -0.05) is 0 Å². The second-order valence-corrected chi connectivity index (χ2v) is 6.45. The monoisotopic (exact) mass is 381 g/mol. The van der Waals surface area contributed by atoms with Crippen LogP contribution in [0.5, 0.6) is 0 Å². The predicted molar refractivity (Wildman–Crippen MR) is 94.4 cm³/mol. The van der Waals surface area contributed by atoms with Gasteiger partial charge in [0.1, 0.15) is 17.0 Å². The number of carbonyl (C=O) groups is 2. The van der Waals surface area contributed by atoms with Crippen molar-refractivity contribution in [3.63, 3.8) is 0 Å². The first kappa shape index (κ1) is 19.4. The molecule has 0 atom stereocenters. The second-order valence-electron chi connectivity index (χ2n) is 6.11. The number of amides is 2. The lowest BCUT2D eigenvalue weighted by Crippen LogP contribution is -2.36. The highest BCUT2D eigenvalue weighted by Gasteiger charge is 2.18. The van der Waals surface area contributed by atoms with E-state index >= 15 is 0 Å². The van der Waals surface area contributed by atoms with Crippen LogP contribution in [0.1, 0.15) is 31.1 Å². The van der Waals surface area contributed by atoms with Gasteiger partial charge in [0.25, 0.3) is 5.91 Å². The fraction of sp³-hybridized carbons (Fsp3) is 0.250. The molecule has 0 unspecified atom stereocenters. The van der Waals surface area contributed by atoms with E-state index in [1.54, 1.807) is 20.8 Å². The molecule has 2 aromatic rings. The zero-order valence-electron chi connectivity index (χ0n) is 14.3. The van der Waals surface area contributed by atoms with Gasteiger partial charge in [0, 0.05) is 11.9 Å². The maximum Gasteiger partial charge on any atom is 0.426 e. The lowest BCUT2D eigenvalue weighted by atomic mass is 10.2. The molecule has 2 amide bonds. The van der Waals surface area contributed by atoms with Gasteiger partial charge in [-0.15, -0.1) is 0 Å². The molecular formula is C16H17ClFN5O3. The summed E-state index contributed by atoms with van der Waals surface area (Å²) in [6.45, 7) is 5.11. The molecule has 8 nitrogen and oxygen atoms in total. The van der Waals surface area contributed by atoms with Crippen LogP contribution in [-0.4, -0.2) is 27.6 Å². The van der Waals surface area contributed by atoms with Crippen LogP contribution in [0.25, 0.3) is 0 Å². The van der Waals surface area contributed by atoms with Crippen molar-refractivity contribution in [3.05, 3.63) is 47.1 Å². The Hall–Kier alpha value is -2.94. The lowest BCUT2D eigenvalue weighted by molar-refractivity contribution is 0.0540. The van der Waals surface area contributed by atoms with Gasteiger partial charge in [0.05, 0.1) is 0 Å². The standard InChI is InChI=1S/C16H17ClFN5O3/c1-16(2,3)26-15(25)23-22-12-11(8-19-14(17)21-12)13(24)20-10-6-4-9(18)5-7-10/h4-8H,1-3H3,(H,20,24)(H,23,25)(H,19,21,22).